The van der Waals surface area contributed by atoms with Crippen molar-refractivity contribution in [2.45, 2.75) is 22.7 Å². The monoisotopic (exact) mass is 517 g/mol. The Morgan fingerprint density at radius 1 is 1.09 bits per heavy atom. The Bertz CT molecular complexity index is 1250. The Balaban J connectivity index is 1.27. The highest BCUT2D eigenvalue weighted by molar-refractivity contribution is 7.99. The summed E-state index contributed by atoms with van der Waals surface area (Å²) < 4.78 is 5.28. The van der Waals surface area contributed by atoms with Gasteiger partial charge in [-0.3, -0.25) is 5.32 Å². The molecule has 1 amide bonds. The summed E-state index contributed by atoms with van der Waals surface area (Å²) in [6.07, 6.45) is -0.563. The number of halogens is 2. The molecule has 0 aliphatic carbocycles. The zero-order chi connectivity index (χ0) is 23.2. The van der Waals surface area contributed by atoms with Gasteiger partial charge in [-0.2, -0.15) is 0 Å². The Kier molecular flexibility index (Phi) is 8.09. The van der Waals surface area contributed by atoms with Crippen molar-refractivity contribution in [3.05, 3.63) is 81.8 Å². The predicted molar refractivity (Wildman–Crippen MR) is 139 cm³/mol. The van der Waals surface area contributed by atoms with Crippen molar-refractivity contribution in [3.63, 3.8) is 0 Å². The van der Waals surface area contributed by atoms with Crippen LogP contribution in [0.25, 0.3) is 11.0 Å². The molecule has 0 spiro atoms. The highest BCUT2D eigenvalue weighted by Crippen LogP contribution is 2.30. The maximum atomic E-state index is 12.0. The highest BCUT2D eigenvalue weighted by Gasteiger charge is 2.10. The first kappa shape index (κ1) is 23.8. The lowest BCUT2D eigenvalue weighted by molar-refractivity contribution is 0.169. The number of thioether (sulfide) groups is 2. The van der Waals surface area contributed by atoms with Gasteiger partial charge in [0.25, 0.3) is 0 Å². The lowest BCUT2D eigenvalue weighted by Gasteiger charge is -2.11. The van der Waals surface area contributed by atoms with Crippen LogP contribution in [0.4, 0.5) is 10.5 Å². The molecule has 0 radical (unpaired) electrons. The van der Waals surface area contributed by atoms with Gasteiger partial charge in [0.2, 0.25) is 0 Å². The van der Waals surface area contributed by atoms with Crippen molar-refractivity contribution in [3.8, 4) is 0 Å². The number of amides is 1. The number of anilines is 1. The van der Waals surface area contributed by atoms with Crippen LogP contribution in [0.1, 0.15) is 11.1 Å². The summed E-state index contributed by atoms with van der Waals surface area (Å²) in [5, 5.41) is 4.41. The van der Waals surface area contributed by atoms with Crippen molar-refractivity contribution >= 4 is 69.5 Å². The minimum Gasteiger partial charge on any atom is -0.448 e. The first-order valence-electron chi connectivity index (χ1n) is 10.2. The fraction of sp³-hybridized carbons (Fsp3) is 0.167. The van der Waals surface area contributed by atoms with Crippen LogP contribution < -0.4 is 5.32 Å². The number of rotatable bonds is 8. The molecular formula is C24H21Cl2N3O2S2. The summed E-state index contributed by atoms with van der Waals surface area (Å²) >= 11 is 15.3. The van der Waals surface area contributed by atoms with E-state index < -0.39 is 6.09 Å². The lowest BCUT2D eigenvalue weighted by atomic mass is 10.1. The number of aromatic amines is 1. The summed E-state index contributed by atoms with van der Waals surface area (Å²) in [5.74, 6) is 1.46. The Morgan fingerprint density at radius 2 is 1.94 bits per heavy atom. The number of benzene rings is 3. The van der Waals surface area contributed by atoms with Crippen LogP contribution in [-0.2, 0) is 10.5 Å². The van der Waals surface area contributed by atoms with Gasteiger partial charge >= 0.3 is 6.09 Å². The number of carbonyl (C=O) groups is 1. The molecule has 33 heavy (non-hydrogen) atoms. The van der Waals surface area contributed by atoms with Gasteiger partial charge in [0.05, 0.1) is 21.7 Å². The Hall–Kier alpha value is -2.32. The predicted octanol–water partition coefficient (Wildman–Crippen LogP) is 7.81. The zero-order valence-corrected chi connectivity index (χ0v) is 20.9. The second-order valence-electron chi connectivity index (χ2n) is 7.12. The summed E-state index contributed by atoms with van der Waals surface area (Å²) in [7, 11) is 0. The third-order valence-electron chi connectivity index (χ3n) is 4.87. The van der Waals surface area contributed by atoms with E-state index in [9.17, 15) is 4.79 Å². The average Bonchev–Trinajstić information content (AvgIpc) is 3.22. The molecule has 0 unspecified atom stereocenters. The van der Waals surface area contributed by atoms with Crippen LogP contribution in [0, 0.1) is 6.92 Å². The number of ether oxygens (including phenoxy) is 1. The van der Waals surface area contributed by atoms with Crippen LogP contribution in [-0.4, -0.2) is 28.4 Å². The quantitative estimate of drug-likeness (QED) is 0.184. The Morgan fingerprint density at radius 3 is 2.79 bits per heavy atom. The van der Waals surface area contributed by atoms with Crippen LogP contribution in [0.3, 0.4) is 0 Å². The molecule has 4 aromatic rings. The average molecular weight is 518 g/mol. The molecule has 1 aromatic heterocycles. The number of carbonyl (C=O) groups excluding carboxylic acids is 1. The largest absolute Gasteiger partial charge is 0.448 e. The van der Waals surface area contributed by atoms with E-state index in [2.05, 4.69) is 40.4 Å². The molecule has 0 fully saturated rings. The zero-order valence-electron chi connectivity index (χ0n) is 17.7. The molecule has 0 bridgehead atoms. The number of aromatic nitrogens is 2. The summed E-state index contributed by atoms with van der Waals surface area (Å²) in [4.78, 5) is 21.2. The minimum absolute atomic E-state index is 0.270. The van der Waals surface area contributed by atoms with Gasteiger partial charge < -0.3 is 9.72 Å². The van der Waals surface area contributed by atoms with Gasteiger partial charge in [0.1, 0.15) is 6.61 Å². The van der Waals surface area contributed by atoms with Crippen molar-refractivity contribution in [1.82, 2.24) is 9.97 Å². The molecule has 9 heteroatoms. The number of fused-ring (bicyclic) bond motifs is 1. The molecular weight excluding hydrogens is 497 g/mol. The van der Waals surface area contributed by atoms with Crippen molar-refractivity contribution in [1.29, 1.82) is 0 Å². The molecule has 170 valence electrons. The number of hydrogen-bond acceptors (Lipinski definition) is 5. The summed E-state index contributed by atoms with van der Waals surface area (Å²) in [5.41, 5.74) is 4.92. The van der Waals surface area contributed by atoms with Crippen LogP contribution >= 0.6 is 46.7 Å². The van der Waals surface area contributed by atoms with Crippen LogP contribution in [0.2, 0.25) is 10.0 Å². The number of para-hydroxylation sites is 2. The van der Waals surface area contributed by atoms with E-state index in [1.54, 1.807) is 41.7 Å². The molecule has 0 saturated heterocycles. The number of hydrogen-bond donors (Lipinski definition) is 2. The molecule has 0 saturated carbocycles. The van der Waals surface area contributed by atoms with E-state index in [0.717, 1.165) is 21.9 Å². The molecule has 2 N–H and O–H groups in total. The van der Waals surface area contributed by atoms with Gasteiger partial charge in [-0.05, 0) is 54.4 Å². The van der Waals surface area contributed by atoms with E-state index >= 15 is 0 Å². The molecule has 0 atom stereocenters. The first-order chi connectivity index (χ1) is 16.0. The van der Waals surface area contributed by atoms with E-state index in [1.165, 1.54) is 16.0 Å². The minimum atomic E-state index is -0.563. The maximum Gasteiger partial charge on any atom is 0.411 e. The lowest BCUT2D eigenvalue weighted by Crippen LogP contribution is -2.15. The van der Waals surface area contributed by atoms with E-state index in [0.29, 0.717) is 21.5 Å². The first-order valence-corrected chi connectivity index (χ1v) is 12.9. The molecule has 0 aliphatic rings. The molecule has 4 rings (SSSR count). The normalized spacial score (nSPS) is 11.0. The third-order valence-corrected chi connectivity index (χ3v) is 7.48. The highest BCUT2D eigenvalue weighted by atomic mass is 35.5. The second-order valence-corrected chi connectivity index (χ2v) is 10.1. The van der Waals surface area contributed by atoms with Gasteiger partial charge in [0.15, 0.2) is 5.16 Å². The van der Waals surface area contributed by atoms with Crippen molar-refractivity contribution < 1.29 is 9.53 Å². The SMILES string of the molecule is Cc1c(CSc2nc3ccccc3[nH]2)cccc1SCCOC(=O)Nc1cc(Cl)ccc1Cl. The topological polar surface area (TPSA) is 67.0 Å². The van der Waals surface area contributed by atoms with Crippen LogP contribution in [0.15, 0.2) is 70.7 Å². The molecule has 3 aromatic carbocycles. The van der Waals surface area contributed by atoms with E-state index in [1.807, 2.05) is 24.3 Å². The third kappa shape index (κ3) is 6.38. The number of nitrogens with one attached hydrogen (secondary N) is 2. The molecule has 5 nitrogen and oxygen atoms in total. The molecule has 1 heterocycles. The Labute approximate surface area is 210 Å². The van der Waals surface area contributed by atoms with Gasteiger partial charge in [-0.15, -0.1) is 11.8 Å². The standard InChI is InChI=1S/C24H21Cl2N3O2S2/c1-15-16(14-33-23-27-19-6-2-3-7-20(19)28-23)5-4-8-22(15)32-12-11-31-24(30)29-21-13-17(25)9-10-18(21)26/h2-10,13H,11-12,14H2,1H3,(H,27,28)(H,29,30). The summed E-state index contributed by atoms with van der Waals surface area (Å²) in [6.45, 7) is 2.39. The van der Waals surface area contributed by atoms with Crippen LogP contribution in [0.5, 0.6) is 0 Å². The number of imidazole rings is 1. The fourth-order valence-corrected chi connectivity index (χ4v) is 5.34. The van der Waals surface area contributed by atoms with Gasteiger partial charge in [0, 0.05) is 21.4 Å². The van der Waals surface area contributed by atoms with Crippen molar-refractivity contribution in [2.75, 3.05) is 17.7 Å². The molecule has 0 aliphatic heterocycles. The fourth-order valence-electron chi connectivity index (χ4n) is 3.14. The van der Waals surface area contributed by atoms with E-state index in [4.69, 9.17) is 27.9 Å². The smallest absolute Gasteiger partial charge is 0.411 e. The number of H-pyrrole nitrogens is 1. The second kappa shape index (κ2) is 11.2. The maximum absolute atomic E-state index is 12.0. The van der Waals surface area contributed by atoms with Gasteiger partial charge in [-0.25, -0.2) is 9.78 Å². The van der Waals surface area contributed by atoms with Gasteiger partial charge in [-0.1, -0.05) is 59.2 Å². The summed E-state index contributed by atoms with van der Waals surface area (Å²) in [6, 6.07) is 19.2. The number of nitrogens with zero attached hydrogens (tertiary/aromatic N) is 1. The van der Waals surface area contributed by atoms with Crippen molar-refractivity contribution in [2.24, 2.45) is 0 Å². The van der Waals surface area contributed by atoms with E-state index in [-0.39, 0.29) is 6.61 Å².